The Hall–Kier alpha value is -7.43. The summed E-state index contributed by atoms with van der Waals surface area (Å²) in [7, 11) is 0. The molecule has 0 radical (unpaired) electrons. The first-order valence-corrected chi connectivity index (χ1v) is 19.4. The number of pyridine rings is 1. The summed E-state index contributed by atoms with van der Waals surface area (Å²) in [4.78, 5) is 15.4. The van der Waals surface area contributed by atoms with Crippen molar-refractivity contribution in [2.45, 2.75) is 13.0 Å². The maximum Gasteiger partial charge on any atom is 0.160 e. The largest absolute Gasteiger partial charge is 0.377 e. The minimum atomic E-state index is 0.188. The van der Waals surface area contributed by atoms with Crippen molar-refractivity contribution in [3.63, 3.8) is 0 Å². The summed E-state index contributed by atoms with van der Waals surface area (Å²) in [5.74, 6) is 0.695. The number of aromatic nitrogens is 3. The van der Waals surface area contributed by atoms with Gasteiger partial charge in [0.05, 0.1) is 28.3 Å². The minimum Gasteiger partial charge on any atom is -0.377 e. The molecule has 10 rings (SSSR count). The summed E-state index contributed by atoms with van der Waals surface area (Å²) in [5.41, 5.74) is 17.2. The van der Waals surface area contributed by atoms with Crippen molar-refractivity contribution in [3.05, 3.63) is 211 Å². The summed E-state index contributed by atoms with van der Waals surface area (Å²) >= 11 is 0. The second-order valence-electron chi connectivity index (χ2n) is 14.6. The van der Waals surface area contributed by atoms with E-state index >= 15 is 0 Å². The third-order valence-corrected chi connectivity index (χ3v) is 10.8. The molecule has 7 aromatic carbocycles. The zero-order valence-corrected chi connectivity index (χ0v) is 31.5. The summed E-state index contributed by atoms with van der Waals surface area (Å²) in [6.07, 6.45) is 2.30. The average Bonchev–Trinajstić information content (AvgIpc) is 3.29. The minimum absolute atomic E-state index is 0.188. The zero-order chi connectivity index (χ0) is 38.1. The van der Waals surface area contributed by atoms with Crippen molar-refractivity contribution in [3.8, 4) is 67.4 Å². The number of benzene rings is 7. The molecule has 4 heteroatoms. The van der Waals surface area contributed by atoms with Gasteiger partial charge in [0.15, 0.2) is 5.82 Å². The Balaban J connectivity index is 0.939. The molecule has 0 fully saturated rings. The van der Waals surface area contributed by atoms with Gasteiger partial charge in [-0.2, -0.15) is 0 Å². The maximum atomic E-state index is 5.24. The molecule has 1 N–H and O–H groups in total. The molecule has 1 aliphatic heterocycles. The molecule has 1 unspecified atom stereocenters. The second-order valence-corrected chi connectivity index (χ2v) is 14.6. The fraction of sp³-hybridized carbons (Fsp3) is 0.0377. The van der Waals surface area contributed by atoms with E-state index in [1.165, 1.54) is 27.8 Å². The molecule has 9 aromatic rings. The van der Waals surface area contributed by atoms with Gasteiger partial charge in [-0.25, -0.2) is 15.0 Å². The molecule has 0 bridgehead atoms. The van der Waals surface area contributed by atoms with Crippen LogP contribution in [0.3, 0.4) is 0 Å². The van der Waals surface area contributed by atoms with E-state index < -0.39 is 0 Å². The first-order chi connectivity index (χ1) is 28.1. The van der Waals surface area contributed by atoms with Crippen LogP contribution in [0.5, 0.6) is 0 Å². The molecule has 3 heterocycles. The molecule has 0 saturated heterocycles. The van der Waals surface area contributed by atoms with E-state index in [0.717, 1.165) is 67.1 Å². The van der Waals surface area contributed by atoms with E-state index in [4.69, 9.17) is 15.0 Å². The van der Waals surface area contributed by atoms with E-state index in [1.54, 1.807) is 0 Å². The van der Waals surface area contributed by atoms with Gasteiger partial charge in [-0.1, -0.05) is 188 Å². The Morgan fingerprint density at radius 2 is 0.825 bits per heavy atom. The first-order valence-electron chi connectivity index (χ1n) is 19.4. The molecule has 0 amide bonds. The third kappa shape index (κ3) is 6.79. The van der Waals surface area contributed by atoms with Crippen molar-refractivity contribution < 1.29 is 0 Å². The van der Waals surface area contributed by atoms with Gasteiger partial charge in [-0.05, 0) is 52.4 Å². The zero-order valence-electron chi connectivity index (χ0n) is 31.5. The average molecular weight is 731 g/mol. The maximum absolute atomic E-state index is 5.24. The van der Waals surface area contributed by atoms with Crippen LogP contribution in [0.2, 0.25) is 0 Å². The highest BCUT2D eigenvalue weighted by molar-refractivity contribution is 6.02. The van der Waals surface area contributed by atoms with Gasteiger partial charge in [0, 0.05) is 39.2 Å². The Bertz CT molecular complexity index is 2880. The molecule has 0 saturated carbocycles. The highest BCUT2D eigenvalue weighted by Gasteiger charge is 2.21. The van der Waals surface area contributed by atoms with E-state index in [9.17, 15) is 0 Å². The molecule has 0 aliphatic carbocycles. The first kappa shape index (κ1) is 34.1. The molecular formula is C53H38N4. The van der Waals surface area contributed by atoms with Gasteiger partial charge in [0.25, 0.3) is 0 Å². The lowest BCUT2D eigenvalue weighted by molar-refractivity contribution is 0.988. The number of anilines is 1. The molecule has 1 aliphatic rings. The monoisotopic (exact) mass is 730 g/mol. The summed E-state index contributed by atoms with van der Waals surface area (Å²) < 4.78 is 0. The number of fused-ring (bicyclic) bond motifs is 3. The Morgan fingerprint density at radius 3 is 1.40 bits per heavy atom. The van der Waals surface area contributed by atoms with Gasteiger partial charge >= 0.3 is 0 Å². The number of nitrogens with zero attached hydrogens (tertiary/aromatic N) is 3. The Labute approximate surface area is 332 Å². The predicted molar refractivity (Wildman–Crippen MR) is 237 cm³/mol. The number of rotatable bonds is 7. The third-order valence-electron chi connectivity index (χ3n) is 10.8. The fourth-order valence-electron chi connectivity index (χ4n) is 7.79. The number of nitrogens with one attached hydrogen (secondary N) is 1. The van der Waals surface area contributed by atoms with Crippen LogP contribution in [0.25, 0.3) is 83.9 Å². The molecule has 2 aromatic heterocycles. The van der Waals surface area contributed by atoms with Crippen molar-refractivity contribution in [1.82, 2.24) is 15.0 Å². The lowest BCUT2D eigenvalue weighted by Gasteiger charge is -2.25. The van der Waals surface area contributed by atoms with E-state index in [1.807, 2.05) is 24.3 Å². The van der Waals surface area contributed by atoms with Gasteiger partial charge in [0.1, 0.15) is 0 Å². The van der Waals surface area contributed by atoms with Crippen LogP contribution in [-0.4, -0.2) is 21.0 Å². The van der Waals surface area contributed by atoms with Gasteiger partial charge in [0.2, 0.25) is 0 Å². The highest BCUT2D eigenvalue weighted by atomic mass is 14.9. The van der Waals surface area contributed by atoms with Crippen LogP contribution in [-0.2, 0) is 0 Å². The lowest BCUT2D eigenvalue weighted by atomic mass is 9.90. The van der Waals surface area contributed by atoms with Crippen LogP contribution in [0.1, 0.15) is 18.1 Å². The van der Waals surface area contributed by atoms with Crippen LogP contribution in [0, 0.1) is 0 Å². The van der Waals surface area contributed by atoms with Crippen LogP contribution in [0.4, 0.5) is 5.69 Å². The fourth-order valence-corrected chi connectivity index (χ4v) is 7.79. The van der Waals surface area contributed by atoms with Crippen LogP contribution < -0.4 is 5.32 Å². The predicted octanol–water partition coefficient (Wildman–Crippen LogP) is 13.3. The lowest BCUT2D eigenvalue weighted by Crippen LogP contribution is -2.19. The van der Waals surface area contributed by atoms with Crippen molar-refractivity contribution >= 4 is 22.2 Å². The van der Waals surface area contributed by atoms with E-state index in [0.29, 0.717) is 5.82 Å². The molecule has 270 valence electrons. The van der Waals surface area contributed by atoms with Crippen LogP contribution >= 0.6 is 0 Å². The van der Waals surface area contributed by atoms with Crippen molar-refractivity contribution in [1.29, 1.82) is 0 Å². The summed E-state index contributed by atoms with van der Waals surface area (Å²) in [6, 6.07) is 68.2. The van der Waals surface area contributed by atoms with E-state index in [-0.39, 0.29) is 6.04 Å². The second kappa shape index (κ2) is 14.7. The number of hydrogen-bond acceptors (Lipinski definition) is 4. The topological polar surface area (TPSA) is 50.7 Å². The van der Waals surface area contributed by atoms with Crippen molar-refractivity contribution in [2.75, 3.05) is 5.32 Å². The molecule has 1 atom stereocenters. The standard InChI is InChI=1S/C53H38N4/c1-35-33-47(40-13-7-3-8-14-40)46-31-29-44-30-32-48(55-51(44)52(46)54-35)42-23-17-38(18-24-42)39-21-27-45(28-22-39)53-56-49(41-15-9-4-10-16-41)34-50(57-53)43-25-19-37(20-26-43)36-11-5-2-6-12-36/h2-35,54H,1H3. The highest BCUT2D eigenvalue weighted by Crippen LogP contribution is 2.39. The van der Waals surface area contributed by atoms with Crippen LogP contribution in [0.15, 0.2) is 200 Å². The Morgan fingerprint density at radius 1 is 0.386 bits per heavy atom. The molecule has 4 nitrogen and oxygen atoms in total. The summed E-state index contributed by atoms with van der Waals surface area (Å²) in [6.45, 7) is 2.19. The normalized spacial score (nSPS) is 13.4. The molecular weight excluding hydrogens is 693 g/mol. The van der Waals surface area contributed by atoms with Gasteiger partial charge < -0.3 is 5.32 Å². The van der Waals surface area contributed by atoms with Gasteiger partial charge in [-0.3, -0.25) is 0 Å². The van der Waals surface area contributed by atoms with Crippen molar-refractivity contribution in [2.24, 2.45) is 0 Å². The smallest absolute Gasteiger partial charge is 0.160 e. The number of hydrogen-bond donors (Lipinski definition) is 1. The summed E-state index contributed by atoms with van der Waals surface area (Å²) in [5, 5.41) is 4.83. The van der Waals surface area contributed by atoms with Gasteiger partial charge in [-0.15, -0.1) is 0 Å². The Kier molecular flexibility index (Phi) is 8.77. The quantitative estimate of drug-likeness (QED) is 0.177. The van der Waals surface area contributed by atoms with E-state index in [2.05, 4.69) is 188 Å². The molecule has 57 heavy (non-hydrogen) atoms. The molecule has 0 spiro atoms. The SMILES string of the molecule is CC1C=C(c2ccccc2)c2ccc3ccc(-c4ccc(-c5ccc(-c6nc(-c7ccccc7)cc(-c7ccc(-c8ccccc8)cc7)n6)cc5)cc4)nc3c2N1.